The molecular formula is C34H32N4O6S. The molecule has 6 rings (SSSR count). The molecule has 1 atom stereocenters. The van der Waals surface area contributed by atoms with Crippen LogP contribution in [0.4, 0.5) is 5.82 Å². The average Bonchev–Trinajstić information content (AvgIpc) is 3.72. The highest BCUT2D eigenvalue weighted by atomic mass is 32.2. The van der Waals surface area contributed by atoms with Crippen molar-refractivity contribution in [3.05, 3.63) is 108 Å². The lowest BCUT2D eigenvalue weighted by Gasteiger charge is -2.23. The van der Waals surface area contributed by atoms with E-state index in [0.717, 1.165) is 16.7 Å². The Bertz CT molecular complexity index is 1790. The van der Waals surface area contributed by atoms with E-state index in [9.17, 15) is 9.59 Å². The van der Waals surface area contributed by atoms with Gasteiger partial charge in [-0.1, -0.05) is 30.3 Å². The van der Waals surface area contributed by atoms with Gasteiger partial charge in [0.1, 0.15) is 35.4 Å². The first-order valence-corrected chi connectivity index (χ1v) is 15.3. The van der Waals surface area contributed by atoms with Crippen LogP contribution in [0, 0.1) is 0 Å². The van der Waals surface area contributed by atoms with E-state index in [0.29, 0.717) is 40.2 Å². The summed E-state index contributed by atoms with van der Waals surface area (Å²) in [5.41, 5.74) is 3.85. The number of aromatic nitrogens is 2. The van der Waals surface area contributed by atoms with Gasteiger partial charge in [0.05, 0.1) is 56.5 Å². The van der Waals surface area contributed by atoms with E-state index < -0.39 is 5.25 Å². The van der Waals surface area contributed by atoms with Crippen LogP contribution in [0.5, 0.6) is 17.2 Å². The Labute approximate surface area is 264 Å². The topological polar surface area (TPSA) is 108 Å². The van der Waals surface area contributed by atoms with Crippen LogP contribution in [0.2, 0.25) is 0 Å². The van der Waals surface area contributed by atoms with Crippen molar-refractivity contribution in [2.24, 2.45) is 0 Å². The zero-order valence-electron chi connectivity index (χ0n) is 25.1. The Kier molecular flexibility index (Phi) is 8.79. The molecular weight excluding hydrogens is 592 g/mol. The van der Waals surface area contributed by atoms with Gasteiger partial charge < -0.3 is 23.9 Å². The minimum atomic E-state index is -0.396. The maximum Gasteiger partial charge on any atom is 0.240 e. The zero-order valence-corrected chi connectivity index (χ0v) is 25.9. The molecule has 3 heterocycles. The number of rotatable bonds is 10. The number of anilines is 1. The van der Waals surface area contributed by atoms with Crippen LogP contribution in [-0.4, -0.2) is 55.2 Å². The van der Waals surface area contributed by atoms with E-state index in [1.165, 1.54) is 16.7 Å². The Balaban J connectivity index is 1.57. The predicted octanol–water partition coefficient (Wildman–Crippen LogP) is 5.64. The Morgan fingerprint density at radius 3 is 2.40 bits per heavy atom. The first-order chi connectivity index (χ1) is 22.0. The van der Waals surface area contributed by atoms with Crippen LogP contribution in [-0.2, 0) is 16.1 Å². The minimum absolute atomic E-state index is 0.113. The largest absolute Gasteiger partial charge is 0.497 e. The number of carbonyl (C=O) groups is 2. The third-order valence-corrected chi connectivity index (χ3v) is 8.75. The van der Waals surface area contributed by atoms with Crippen molar-refractivity contribution < 1.29 is 28.2 Å². The number of amides is 2. The SMILES string of the molecule is COc1ccc(-n2nc(-c3ccccc3)c3c2N(CC(=O)NCc2ccco2)C(=O)CS[C@@H]3c2cc(OC)ccc2OC)cc1. The molecule has 11 heteroatoms. The lowest BCUT2D eigenvalue weighted by molar-refractivity contribution is -0.123. The van der Waals surface area contributed by atoms with E-state index in [2.05, 4.69) is 5.32 Å². The second-order valence-corrected chi connectivity index (χ2v) is 11.3. The average molecular weight is 625 g/mol. The molecule has 2 amide bonds. The highest BCUT2D eigenvalue weighted by Crippen LogP contribution is 2.51. The quantitative estimate of drug-likeness (QED) is 0.213. The van der Waals surface area contributed by atoms with Gasteiger partial charge in [-0.15, -0.1) is 11.8 Å². The smallest absolute Gasteiger partial charge is 0.240 e. The number of hydrogen-bond acceptors (Lipinski definition) is 8. The number of benzene rings is 3. The fourth-order valence-corrected chi connectivity index (χ4v) is 6.53. The number of methoxy groups -OCH3 is 3. The summed E-state index contributed by atoms with van der Waals surface area (Å²) in [6.45, 7) is -0.0166. The molecule has 0 aliphatic carbocycles. The Morgan fingerprint density at radius 1 is 0.956 bits per heavy atom. The van der Waals surface area contributed by atoms with Gasteiger partial charge in [-0.05, 0) is 54.6 Å². The lowest BCUT2D eigenvalue weighted by atomic mass is 9.98. The van der Waals surface area contributed by atoms with Crippen molar-refractivity contribution >= 4 is 29.4 Å². The fraction of sp³-hybridized carbons (Fsp3) is 0.206. The molecule has 230 valence electrons. The van der Waals surface area contributed by atoms with Crippen molar-refractivity contribution in [2.45, 2.75) is 11.8 Å². The molecule has 45 heavy (non-hydrogen) atoms. The molecule has 0 bridgehead atoms. The van der Waals surface area contributed by atoms with Gasteiger partial charge in [0, 0.05) is 16.7 Å². The molecule has 10 nitrogen and oxygen atoms in total. The number of hydrogen-bond donors (Lipinski definition) is 1. The van der Waals surface area contributed by atoms with Crippen LogP contribution in [0.3, 0.4) is 0 Å². The molecule has 5 aromatic rings. The summed E-state index contributed by atoms with van der Waals surface area (Å²) >= 11 is 1.46. The maximum absolute atomic E-state index is 14.0. The summed E-state index contributed by atoms with van der Waals surface area (Å²) < 4.78 is 23.9. The van der Waals surface area contributed by atoms with Crippen molar-refractivity contribution in [2.75, 3.05) is 38.5 Å². The summed E-state index contributed by atoms with van der Waals surface area (Å²) in [4.78, 5) is 28.9. The number of nitrogens with zero attached hydrogens (tertiary/aromatic N) is 3. The van der Waals surface area contributed by atoms with Crippen LogP contribution in [0.25, 0.3) is 16.9 Å². The van der Waals surface area contributed by atoms with E-state index in [-0.39, 0.29) is 30.7 Å². The number of ether oxygens (including phenoxy) is 3. The summed E-state index contributed by atoms with van der Waals surface area (Å²) in [6, 6.07) is 26.4. The molecule has 1 aliphatic heterocycles. The zero-order chi connectivity index (χ0) is 31.3. The molecule has 0 saturated carbocycles. The molecule has 1 N–H and O–H groups in total. The van der Waals surface area contributed by atoms with Gasteiger partial charge in [0.25, 0.3) is 0 Å². The van der Waals surface area contributed by atoms with Gasteiger partial charge >= 0.3 is 0 Å². The van der Waals surface area contributed by atoms with Crippen molar-refractivity contribution in [3.8, 4) is 34.2 Å². The standard InChI is InChI=1S/C34H32N4O6S/c1-41-24-13-11-23(12-14-24)38-34-31(32(36-38)22-8-5-4-6-9-22)33(27-18-25(42-2)15-16-28(27)43-3)45-21-30(40)37(34)20-29(39)35-19-26-10-7-17-44-26/h4-18,33H,19-21H2,1-3H3,(H,35,39)/t33-/m1/s1. The van der Waals surface area contributed by atoms with Crippen LogP contribution in [0.15, 0.2) is 95.6 Å². The molecule has 0 saturated heterocycles. The highest BCUT2D eigenvalue weighted by molar-refractivity contribution is 8.00. The third-order valence-electron chi connectivity index (χ3n) is 7.51. The molecule has 2 aromatic heterocycles. The first kappa shape index (κ1) is 29.9. The van der Waals surface area contributed by atoms with E-state index in [1.54, 1.807) is 44.4 Å². The monoisotopic (exact) mass is 624 g/mol. The molecule has 3 aromatic carbocycles. The summed E-state index contributed by atoms with van der Waals surface area (Å²) in [5.74, 6) is 2.64. The second kappa shape index (κ2) is 13.2. The Morgan fingerprint density at radius 2 is 1.71 bits per heavy atom. The molecule has 0 fully saturated rings. The number of furan rings is 1. The molecule has 0 spiro atoms. The number of carbonyl (C=O) groups excluding carboxylic acids is 2. The number of fused-ring (bicyclic) bond motifs is 1. The molecule has 0 radical (unpaired) electrons. The van der Waals surface area contributed by atoms with E-state index in [4.69, 9.17) is 23.7 Å². The van der Waals surface area contributed by atoms with Gasteiger partial charge in [-0.2, -0.15) is 5.10 Å². The lowest BCUT2D eigenvalue weighted by Crippen LogP contribution is -2.42. The van der Waals surface area contributed by atoms with E-state index in [1.807, 2.05) is 72.8 Å². The first-order valence-electron chi connectivity index (χ1n) is 14.3. The van der Waals surface area contributed by atoms with Gasteiger partial charge in [-0.25, -0.2) is 4.68 Å². The van der Waals surface area contributed by atoms with Crippen LogP contribution in [0.1, 0.15) is 22.1 Å². The van der Waals surface area contributed by atoms with Crippen LogP contribution >= 0.6 is 11.8 Å². The number of thioether (sulfide) groups is 1. The highest BCUT2D eigenvalue weighted by Gasteiger charge is 2.38. The van der Waals surface area contributed by atoms with Crippen LogP contribution < -0.4 is 24.4 Å². The van der Waals surface area contributed by atoms with Crippen molar-refractivity contribution in [1.29, 1.82) is 0 Å². The summed E-state index contributed by atoms with van der Waals surface area (Å²) in [5, 5.41) is 7.61. The second-order valence-electron chi connectivity index (χ2n) is 10.2. The normalized spacial score (nSPS) is 14.4. The van der Waals surface area contributed by atoms with Gasteiger partial charge in [-0.3, -0.25) is 14.5 Å². The molecule has 0 unspecified atom stereocenters. The third kappa shape index (κ3) is 6.12. The molecule has 1 aliphatic rings. The predicted molar refractivity (Wildman–Crippen MR) is 172 cm³/mol. The summed E-state index contributed by atoms with van der Waals surface area (Å²) in [6.07, 6.45) is 1.55. The van der Waals surface area contributed by atoms with Crippen molar-refractivity contribution in [1.82, 2.24) is 15.1 Å². The summed E-state index contributed by atoms with van der Waals surface area (Å²) in [7, 11) is 4.84. The number of nitrogens with one attached hydrogen (secondary N) is 1. The Hall–Kier alpha value is -5.16. The van der Waals surface area contributed by atoms with Gasteiger partial charge in [0.15, 0.2) is 0 Å². The maximum atomic E-state index is 14.0. The van der Waals surface area contributed by atoms with E-state index >= 15 is 0 Å². The van der Waals surface area contributed by atoms with Gasteiger partial charge in [0.2, 0.25) is 11.8 Å². The van der Waals surface area contributed by atoms with Crippen molar-refractivity contribution in [3.63, 3.8) is 0 Å². The fourth-order valence-electron chi connectivity index (χ4n) is 5.32. The minimum Gasteiger partial charge on any atom is -0.497 e.